The Kier molecular flexibility index (Phi) is 8.03. The van der Waals surface area contributed by atoms with Crippen LogP contribution in [-0.4, -0.2) is 60.3 Å². The largest absolute Gasteiger partial charge is 0.486 e. The van der Waals surface area contributed by atoms with Crippen LogP contribution in [0.4, 0.5) is 17.6 Å². The van der Waals surface area contributed by atoms with Crippen LogP contribution in [0.25, 0.3) is 0 Å². The Morgan fingerprint density at radius 1 is 0.971 bits per heavy atom. The summed E-state index contributed by atoms with van der Waals surface area (Å²) in [5.74, 6) is -0.690. The van der Waals surface area contributed by atoms with E-state index in [1.807, 2.05) is 6.07 Å². The lowest BCUT2D eigenvalue weighted by molar-refractivity contribution is -0.137. The number of hydrogen-bond acceptors (Lipinski definition) is 4. The third-order valence-corrected chi connectivity index (χ3v) is 7.44. The van der Waals surface area contributed by atoms with Crippen LogP contribution in [0, 0.1) is 5.82 Å². The molecule has 4 rings (SSSR count). The maximum absolute atomic E-state index is 15.1. The van der Waals surface area contributed by atoms with Crippen LogP contribution in [0.2, 0.25) is 0 Å². The van der Waals surface area contributed by atoms with Crippen molar-refractivity contribution in [2.75, 3.05) is 39.8 Å². The second kappa shape index (κ2) is 10.8. The molecule has 1 saturated carbocycles. The Bertz CT molecular complexity index is 966. The van der Waals surface area contributed by atoms with E-state index in [2.05, 4.69) is 16.8 Å². The highest BCUT2D eigenvalue weighted by molar-refractivity contribution is 5.34. The van der Waals surface area contributed by atoms with Gasteiger partial charge in [-0.1, -0.05) is 37.5 Å². The van der Waals surface area contributed by atoms with E-state index in [1.54, 1.807) is 6.07 Å². The lowest BCUT2D eigenvalue weighted by Crippen LogP contribution is -2.50. The molecule has 2 fully saturated rings. The van der Waals surface area contributed by atoms with Gasteiger partial charge in [0.05, 0.1) is 11.2 Å². The van der Waals surface area contributed by atoms with Gasteiger partial charge < -0.3 is 19.6 Å². The molecule has 1 N–H and O–H groups in total. The highest BCUT2D eigenvalue weighted by Gasteiger charge is 2.40. The third kappa shape index (κ3) is 6.54. The molecule has 1 aliphatic heterocycles. The molecule has 2 aromatic rings. The minimum atomic E-state index is -4.40. The maximum atomic E-state index is 15.1. The van der Waals surface area contributed by atoms with Crippen LogP contribution in [0.5, 0.6) is 5.75 Å². The van der Waals surface area contributed by atoms with Crippen LogP contribution in [0.3, 0.4) is 0 Å². The number of rotatable bonds is 7. The number of hydrogen-bond donors (Lipinski definition) is 1. The van der Waals surface area contributed by atoms with E-state index >= 15 is 4.39 Å². The van der Waals surface area contributed by atoms with E-state index in [1.165, 1.54) is 18.2 Å². The Morgan fingerprint density at radius 2 is 1.63 bits per heavy atom. The van der Waals surface area contributed by atoms with Crippen LogP contribution >= 0.6 is 0 Å². The van der Waals surface area contributed by atoms with E-state index in [0.717, 1.165) is 63.1 Å². The second-order valence-electron chi connectivity index (χ2n) is 9.99. The minimum Gasteiger partial charge on any atom is -0.486 e. The van der Waals surface area contributed by atoms with Crippen LogP contribution < -0.4 is 4.74 Å². The number of piperazine rings is 1. The summed E-state index contributed by atoms with van der Waals surface area (Å²) >= 11 is 0. The Morgan fingerprint density at radius 3 is 2.23 bits per heavy atom. The number of ether oxygens (including phenoxy) is 1. The zero-order valence-corrected chi connectivity index (χ0v) is 20.2. The molecule has 0 bridgehead atoms. The molecular formula is C27H34F4N2O2. The van der Waals surface area contributed by atoms with E-state index in [0.29, 0.717) is 24.9 Å². The van der Waals surface area contributed by atoms with Gasteiger partial charge in [-0.15, -0.1) is 0 Å². The summed E-state index contributed by atoms with van der Waals surface area (Å²) in [7, 11) is 2.10. The maximum Gasteiger partial charge on any atom is 0.416 e. The van der Waals surface area contributed by atoms with Crippen LogP contribution in [0.15, 0.2) is 42.5 Å². The quantitative estimate of drug-likeness (QED) is 0.520. The van der Waals surface area contributed by atoms with Gasteiger partial charge in [-0.25, -0.2) is 4.39 Å². The molecule has 1 heterocycles. The first-order valence-electron chi connectivity index (χ1n) is 12.4. The van der Waals surface area contributed by atoms with Gasteiger partial charge >= 0.3 is 6.18 Å². The molecule has 0 amide bonds. The Hall–Kier alpha value is -2.16. The van der Waals surface area contributed by atoms with Crippen molar-refractivity contribution in [2.24, 2.45) is 0 Å². The molecule has 1 aliphatic carbocycles. The summed E-state index contributed by atoms with van der Waals surface area (Å²) in [6, 6.07) is 9.49. The second-order valence-corrected chi connectivity index (χ2v) is 9.99. The molecule has 2 aliphatic rings. The third-order valence-electron chi connectivity index (χ3n) is 7.44. The fourth-order valence-corrected chi connectivity index (χ4v) is 5.19. The standard InChI is InChI=1S/C27H34F4N2O2/c1-32-13-15-33(16-14-32)18-23(26(34)11-3-2-4-12-26)21-7-10-25(24(28)17-21)35-19-20-5-8-22(9-6-20)27(29,30)31/h5-10,17,23,34H,2-4,11-16,18-19H2,1H3. The normalized spacial score (nSPS) is 20.5. The molecule has 0 aromatic heterocycles. The molecule has 0 spiro atoms. The Balaban J connectivity index is 1.48. The van der Waals surface area contributed by atoms with Crippen molar-refractivity contribution in [1.82, 2.24) is 9.80 Å². The fraction of sp³-hybridized carbons (Fsp3) is 0.556. The molecule has 1 atom stereocenters. The SMILES string of the molecule is CN1CCN(CC(c2ccc(OCc3ccc(C(F)(F)F)cc3)c(F)c2)C2(O)CCCCC2)CC1. The summed E-state index contributed by atoms with van der Waals surface area (Å²) in [5, 5.41) is 11.6. The molecule has 35 heavy (non-hydrogen) atoms. The van der Waals surface area contributed by atoms with Crippen molar-refractivity contribution in [3.63, 3.8) is 0 Å². The van der Waals surface area contributed by atoms with Crippen LogP contribution in [-0.2, 0) is 12.8 Å². The van der Waals surface area contributed by atoms with Gasteiger partial charge in [-0.2, -0.15) is 13.2 Å². The topological polar surface area (TPSA) is 35.9 Å². The highest BCUT2D eigenvalue weighted by Crippen LogP contribution is 2.41. The van der Waals surface area contributed by atoms with Crippen molar-refractivity contribution < 1.29 is 27.4 Å². The first-order chi connectivity index (χ1) is 16.6. The van der Waals surface area contributed by atoms with Gasteiger partial charge in [0, 0.05) is 38.6 Å². The van der Waals surface area contributed by atoms with E-state index in [-0.39, 0.29) is 18.3 Å². The van der Waals surface area contributed by atoms with Crippen molar-refractivity contribution in [1.29, 1.82) is 0 Å². The average molecular weight is 495 g/mol. The summed E-state index contributed by atoms with van der Waals surface area (Å²) in [6.45, 7) is 4.41. The summed E-state index contributed by atoms with van der Waals surface area (Å²) in [4.78, 5) is 4.63. The summed E-state index contributed by atoms with van der Waals surface area (Å²) < 4.78 is 58.9. The van der Waals surface area contributed by atoms with Crippen molar-refractivity contribution in [3.05, 3.63) is 65.0 Å². The number of nitrogens with zero attached hydrogens (tertiary/aromatic N) is 2. The molecule has 1 saturated heterocycles. The fourth-order valence-electron chi connectivity index (χ4n) is 5.19. The van der Waals surface area contributed by atoms with E-state index < -0.39 is 23.2 Å². The molecule has 2 aromatic carbocycles. The Labute approximate surface area is 204 Å². The number of halogens is 4. The van der Waals surface area contributed by atoms with Gasteiger partial charge in [-0.3, -0.25) is 0 Å². The van der Waals surface area contributed by atoms with Gasteiger partial charge in [0.25, 0.3) is 0 Å². The lowest BCUT2D eigenvalue weighted by atomic mass is 9.72. The zero-order chi connectivity index (χ0) is 25.1. The summed E-state index contributed by atoms with van der Waals surface area (Å²) in [5.41, 5.74) is -0.320. The summed E-state index contributed by atoms with van der Waals surface area (Å²) in [6.07, 6.45) is 0.0521. The molecule has 8 heteroatoms. The monoisotopic (exact) mass is 494 g/mol. The molecule has 0 radical (unpaired) electrons. The smallest absolute Gasteiger partial charge is 0.416 e. The predicted octanol–water partition coefficient (Wildman–Crippen LogP) is 5.45. The predicted molar refractivity (Wildman–Crippen MR) is 127 cm³/mol. The number of benzene rings is 2. The van der Waals surface area contributed by atoms with Crippen molar-refractivity contribution in [3.8, 4) is 5.75 Å². The number of aliphatic hydroxyl groups is 1. The molecule has 1 unspecified atom stereocenters. The van der Waals surface area contributed by atoms with E-state index in [4.69, 9.17) is 4.74 Å². The first kappa shape index (κ1) is 25.9. The zero-order valence-electron chi connectivity index (χ0n) is 20.2. The van der Waals surface area contributed by atoms with Gasteiger partial charge in [0.1, 0.15) is 6.61 Å². The highest BCUT2D eigenvalue weighted by atomic mass is 19.4. The van der Waals surface area contributed by atoms with Gasteiger partial charge in [-0.05, 0) is 55.3 Å². The van der Waals surface area contributed by atoms with Crippen LogP contribution in [0.1, 0.15) is 54.7 Å². The van der Waals surface area contributed by atoms with Gasteiger partial charge in [0.15, 0.2) is 11.6 Å². The van der Waals surface area contributed by atoms with Crippen molar-refractivity contribution >= 4 is 0 Å². The lowest BCUT2D eigenvalue weighted by Gasteiger charge is -2.43. The van der Waals surface area contributed by atoms with Gasteiger partial charge in [0.2, 0.25) is 0 Å². The first-order valence-corrected chi connectivity index (χ1v) is 12.4. The average Bonchev–Trinajstić information content (AvgIpc) is 2.83. The minimum absolute atomic E-state index is 0.0386. The molecule has 192 valence electrons. The molecular weight excluding hydrogens is 460 g/mol. The van der Waals surface area contributed by atoms with Crippen molar-refractivity contribution in [2.45, 2.75) is 56.4 Å². The number of likely N-dealkylation sites (N-methyl/N-ethyl adjacent to an activating group) is 1. The number of alkyl halides is 3. The van der Waals surface area contributed by atoms with E-state index in [9.17, 15) is 18.3 Å². The molecule has 4 nitrogen and oxygen atoms in total.